The van der Waals surface area contributed by atoms with Crippen molar-refractivity contribution >= 4 is 57.2 Å². The van der Waals surface area contributed by atoms with Crippen LogP contribution in [-0.4, -0.2) is 6.71 Å². The number of hydrogen-bond donors (Lipinski definition) is 0. The third-order valence-electron chi connectivity index (χ3n) is 20.1. The first kappa shape index (κ1) is 52.1. The van der Waals surface area contributed by atoms with Crippen LogP contribution in [0.25, 0.3) is 11.1 Å². The van der Waals surface area contributed by atoms with Gasteiger partial charge < -0.3 is 9.80 Å². The zero-order valence-electron chi connectivity index (χ0n) is 50.5. The van der Waals surface area contributed by atoms with Crippen LogP contribution in [0.2, 0.25) is 0 Å². The Bertz CT molecular complexity index is 3350. The molecule has 0 bridgehead atoms. The average molecular weight is 995 g/mol. The third kappa shape index (κ3) is 8.23. The fourth-order valence-corrected chi connectivity index (χ4v) is 14.4. The van der Waals surface area contributed by atoms with E-state index in [9.17, 15) is 0 Å². The van der Waals surface area contributed by atoms with E-state index in [-0.39, 0.29) is 55.4 Å². The second kappa shape index (κ2) is 16.3. The fourth-order valence-electron chi connectivity index (χ4n) is 14.4. The number of benzene rings is 6. The molecule has 6 aromatic rings. The van der Waals surface area contributed by atoms with Gasteiger partial charge in [0.1, 0.15) is 0 Å². The standard InChI is InChI=1S/C72H91BN2/c1-64(2,3)45-23-28-58(49(37-45)44-22-26-50-52(36-44)69(14,15)32-30-67(50,10)11)75-59-29-24-46(65(4,5)6)38-56(59)73-57-42-54-55(72(20,21)35-34-71(54,18)19)43-60(57)74(61-39-47(66(7,8)9)40-62(75)63(61)73)48-25-27-51-53(41-48)70(16,17)33-31-68(51,12)13/h22-29,36-43H,30-35H2,1-21H3. The zero-order valence-corrected chi connectivity index (χ0v) is 50.5. The van der Waals surface area contributed by atoms with E-state index in [1.165, 1.54) is 150 Å². The van der Waals surface area contributed by atoms with E-state index in [1.54, 1.807) is 0 Å². The second-order valence-electron chi connectivity index (χ2n) is 31.5. The summed E-state index contributed by atoms with van der Waals surface area (Å²) in [5.41, 5.74) is 28.0. The molecule has 5 aliphatic rings. The molecule has 392 valence electrons. The van der Waals surface area contributed by atoms with Crippen molar-refractivity contribution in [1.82, 2.24) is 0 Å². The van der Waals surface area contributed by atoms with Gasteiger partial charge in [0, 0.05) is 34.0 Å². The fraction of sp³-hybridized carbons (Fsp3) is 0.500. The summed E-state index contributed by atoms with van der Waals surface area (Å²) < 4.78 is 0. The Labute approximate surface area is 455 Å². The number of anilines is 6. The van der Waals surface area contributed by atoms with Gasteiger partial charge in [-0.1, -0.05) is 194 Å². The van der Waals surface area contributed by atoms with E-state index in [0.29, 0.717) is 0 Å². The van der Waals surface area contributed by atoms with Gasteiger partial charge in [0.05, 0.1) is 5.69 Å². The van der Waals surface area contributed by atoms with Gasteiger partial charge >= 0.3 is 0 Å². The molecule has 3 aliphatic carbocycles. The van der Waals surface area contributed by atoms with Gasteiger partial charge in [0.2, 0.25) is 0 Å². The molecule has 75 heavy (non-hydrogen) atoms. The molecular formula is C72H91BN2. The lowest BCUT2D eigenvalue weighted by Crippen LogP contribution is -2.62. The van der Waals surface area contributed by atoms with Crippen molar-refractivity contribution in [1.29, 1.82) is 0 Å². The van der Waals surface area contributed by atoms with Gasteiger partial charge in [-0.05, 0) is 208 Å². The minimum Gasteiger partial charge on any atom is -0.311 e. The Balaban J connectivity index is 1.29. The Morgan fingerprint density at radius 3 is 1.27 bits per heavy atom. The molecule has 0 spiro atoms. The number of nitrogens with zero attached hydrogens (tertiary/aromatic N) is 2. The summed E-state index contributed by atoms with van der Waals surface area (Å²) in [6, 6.07) is 40.9. The first-order valence-corrected chi connectivity index (χ1v) is 29.1. The van der Waals surface area contributed by atoms with Crippen LogP contribution in [0.5, 0.6) is 0 Å². The molecule has 0 aromatic heterocycles. The normalized spacial score (nSPS) is 20.3. The van der Waals surface area contributed by atoms with E-state index < -0.39 is 0 Å². The molecular weight excluding hydrogens is 904 g/mol. The average Bonchev–Trinajstić information content (AvgIpc) is 3.31. The monoisotopic (exact) mass is 995 g/mol. The zero-order chi connectivity index (χ0) is 54.3. The van der Waals surface area contributed by atoms with Crippen LogP contribution < -0.4 is 26.2 Å². The molecule has 0 N–H and O–H groups in total. The molecule has 11 rings (SSSR count). The maximum atomic E-state index is 2.75. The quantitative estimate of drug-likeness (QED) is 0.163. The van der Waals surface area contributed by atoms with Crippen LogP contribution in [-0.2, 0) is 48.7 Å². The van der Waals surface area contributed by atoms with E-state index in [4.69, 9.17) is 0 Å². The maximum Gasteiger partial charge on any atom is 0.252 e. The molecule has 0 radical (unpaired) electrons. The molecule has 0 fully saturated rings. The van der Waals surface area contributed by atoms with E-state index >= 15 is 0 Å². The summed E-state index contributed by atoms with van der Waals surface area (Å²) in [5, 5.41) is 0. The maximum absolute atomic E-state index is 2.75. The number of hydrogen-bond acceptors (Lipinski definition) is 2. The Morgan fingerprint density at radius 1 is 0.333 bits per heavy atom. The molecule has 0 saturated heterocycles. The van der Waals surface area contributed by atoms with Crippen LogP contribution in [0.3, 0.4) is 0 Å². The Hall–Kier alpha value is -5.02. The van der Waals surface area contributed by atoms with E-state index in [2.05, 4.69) is 252 Å². The lowest BCUT2D eigenvalue weighted by Gasteiger charge is -2.48. The summed E-state index contributed by atoms with van der Waals surface area (Å²) in [4.78, 5) is 5.49. The van der Waals surface area contributed by atoms with Crippen molar-refractivity contribution in [2.45, 2.75) is 233 Å². The predicted molar refractivity (Wildman–Crippen MR) is 328 cm³/mol. The number of rotatable bonds is 3. The van der Waals surface area contributed by atoms with Crippen molar-refractivity contribution < 1.29 is 0 Å². The largest absolute Gasteiger partial charge is 0.311 e. The summed E-state index contributed by atoms with van der Waals surface area (Å²) in [5.74, 6) is 0. The van der Waals surface area contributed by atoms with E-state index in [0.717, 1.165) is 0 Å². The van der Waals surface area contributed by atoms with E-state index in [1.807, 2.05) is 0 Å². The molecule has 0 unspecified atom stereocenters. The summed E-state index contributed by atoms with van der Waals surface area (Å²) in [7, 11) is 0. The first-order valence-electron chi connectivity index (χ1n) is 29.1. The highest BCUT2D eigenvalue weighted by molar-refractivity contribution is 7.00. The van der Waals surface area contributed by atoms with Crippen LogP contribution in [0.15, 0.2) is 97.1 Å². The van der Waals surface area contributed by atoms with Gasteiger partial charge in [0.25, 0.3) is 6.71 Å². The summed E-state index contributed by atoms with van der Waals surface area (Å²) in [6.07, 6.45) is 7.12. The lowest BCUT2D eigenvalue weighted by molar-refractivity contribution is 0.332. The minimum atomic E-state index is -0.130. The molecule has 0 saturated carbocycles. The SMILES string of the molecule is CC(C)(C)c1ccc2c(c1)B1c3cc4c(cc3N(c3ccc5c(c3)C(C)(C)CCC5(C)C)c3cc(C(C)(C)C)cc(c31)N2c1ccc(C(C)(C)C)cc1-c1ccc2c(c1)C(C)(C)CCC2(C)C)C(C)(C)CCC4(C)C. The van der Waals surface area contributed by atoms with Crippen LogP contribution in [0, 0.1) is 0 Å². The second-order valence-corrected chi connectivity index (χ2v) is 31.5. The Kier molecular flexibility index (Phi) is 11.3. The smallest absolute Gasteiger partial charge is 0.252 e. The predicted octanol–water partition coefficient (Wildman–Crippen LogP) is 18.4. The summed E-state index contributed by atoms with van der Waals surface area (Å²) >= 11 is 0. The molecule has 2 aliphatic heterocycles. The van der Waals surface area contributed by atoms with Crippen molar-refractivity contribution in [3.63, 3.8) is 0 Å². The highest BCUT2D eigenvalue weighted by Gasteiger charge is 2.49. The van der Waals surface area contributed by atoms with Crippen molar-refractivity contribution in [3.8, 4) is 11.1 Å². The molecule has 0 atom stereocenters. The molecule has 2 heterocycles. The van der Waals surface area contributed by atoms with Gasteiger partial charge in [0.15, 0.2) is 0 Å². The highest BCUT2D eigenvalue weighted by atomic mass is 15.2. The van der Waals surface area contributed by atoms with Gasteiger partial charge in [-0.15, -0.1) is 0 Å². The van der Waals surface area contributed by atoms with Crippen molar-refractivity contribution in [2.24, 2.45) is 0 Å². The molecule has 2 nitrogen and oxygen atoms in total. The first-order chi connectivity index (χ1) is 34.5. The van der Waals surface area contributed by atoms with Crippen LogP contribution >= 0.6 is 0 Å². The lowest BCUT2D eigenvalue weighted by atomic mass is 9.32. The summed E-state index contributed by atoms with van der Waals surface area (Å²) in [6.45, 7) is 51.4. The molecule has 3 heteroatoms. The van der Waals surface area contributed by atoms with Crippen molar-refractivity contribution in [2.75, 3.05) is 9.80 Å². The van der Waals surface area contributed by atoms with Crippen LogP contribution in [0.1, 0.15) is 234 Å². The topological polar surface area (TPSA) is 6.48 Å². The van der Waals surface area contributed by atoms with Gasteiger partial charge in [-0.2, -0.15) is 0 Å². The van der Waals surface area contributed by atoms with Crippen LogP contribution in [0.4, 0.5) is 34.1 Å². The highest BCUT2D eigenvalue weighted by Crippen LogP contribution is 2.55. The minimum absolute atomic E-state index is 0.0204. The molecule has 0 amide bonds. The van der Waals surface area contributed by atoms with Gasteiger partial charge in [-0.3, -0.25) is 0 Å². The molecule has 6 aromatic carbocycles. The van der Waals surface area contributed by atoms with Gasteiger partial charge in [-0.25, -0.2) is 0 Å². The number of fused-ring (bicyclic) bond motifs is 7. The van der Waals surface area contributed by atoms with Crippen molar-refractivity contribution in [3.05, 3.63) is 147 Å². The third-order valence-corrected chi connectivity index (χ3v) is 20.1. The Morgan fingerprint density at radius 2 is 0.747 bits per heavy atom.